The third-order valence-corrected chi connectivity index (χ3v) is 6.52. The summed E-state index contributed by atoms with van der Waals surface area (Å²) in [5.41, 5.74) is 1.56. The van der Waals surface area contributed by atoms with Crippen LogP contribution in [0.3, 0.4) is 0 Å². The van der Waals surface area contributed by atoms with E-state index in [0.29, 0.717) is 25.0 Å². The molecule has 0 spiro atoms. The fourth-order valence-electron chi connectivity index (χ4n) is 3.22. The lowest BCUT2D eigenvalue weighted by Crippen LogP contribution is -2.40. The molecule has 0 radical (unpaired) electrons. The third kappa shape index (κ3) is 8.58. The Morgan fingerprint density at radius 3 is 2.46 bits per heavy atom. The molecular weight excluding hydrogens is 370 g/mol. The van der Waals surface area contributed by atoms with Crippen LogP contribution in [-0.2, 0) is 9.53 Å². The molecule has 0 unspecified atom stereocenters. The van der Waals surface area contributed by atoms with Gasteiger partial charge >= 0.3 is 0 Å². The first-order valence-electron chi connectivity index (χ1n) is 10.6. The van der Waals surface area contributed by atoms with E-state index in [1.807, 2.05) is 39.7 Å². The monoisotopic (exact) mass is 411 g/mol. The predicted octanol–water partition coefficient (Wildman–Crippen LogP) is 3.83. The van der Waals surface area contributed by atoms with E-state index in [1.54, 1.807) is 0 Å². The molecule has 0 aromatic carbocycles. The Bertz CT molecular complexity index is 526. The molecule has 1 rings (SSSR count). The molecule has 162 valence electrons. The summed E-state index contributed by atoms with van der Waals surface area (Å²) in [5.74, 6) is 0.0508. The quantitative estimate of drug-likeness (QED) is 0.402. The van der Waals surface area contributed by atoms with Gasteiger partial charge in [-0.05, 0) is 40.2 Å². The molecule has 3 N–H and O–H groups in total. The van der Waals surface area contributed by atoms with Crippen molar-refractivity contribution >= 4 is 17.7 Å². The molecular formula is C22H41N3O2S. The number of ether oxygens (including phenoxy) is 1. The van der Waals surface area contributed by atoms with Crippen LogP contribution < -0.4 is 16.0 Å². The van der Waals surface area contributed by atoms with Crippen LogP contribution >= 0.6 is 11.8 Å². The number of hydrogen-bond acceptors (Lipinski definition) is 5. The van der Waals surface area contributed by atoms with Crippen molar-refractivity contribution in [3.63, 3.8) is 0 Å². The van der Waals surface area contributed by atoms with Gasteiger partial charge in [0.05, 0.1) is 18.6 Å². The lowest BCUT2D eigenvalue weighted by atomic mass is 9.93. The number of nitrogens with one attached hydrogen (secondary N) is 3. The molecule has 0 bridgehead atoms. The van der Waals surface area contributed by atoms with E-state index in [9.17, 15) is 4.79 Å². The molecule has 28 heavy (non-hydrogen) atoms. The Balaban J connectivity index is 2.83. The van der Waals surface area contributed by atoms with Gasteiger partial charge in [-0.25, -0.2) is 0 Å². The molecule has 1 aliphatic carbocycles. The number of amides is 1. The second-order valence-corrected chi connectivity index (χ2v) is 9.57. The summed E-state index contributed by atoms with van der Waals surface area (Å²) < 4.78 is 6.09. The fourth-order valence-corrected chi connectivity index (χ4v) is 4.68. The highest BCUT2D eigenvalue weighted by Gasteiger charge is 2.28. The van der Waals surface area contributed by atoms with Crippen molar-refractivity contribution in [1.82, 2.24) is 16.0 Å². The van der Waals surface area contributed by atoms with Gasteiger partial charge in [-0.3, -0.25) is 4.79 Å². The van der Waals surface area contributed by atoms with Crippen molar-refractivity contribution in [2.45, 2.75) is 64.5 Å². The van der Waals surface area contributed by atoms with Crippen LogP contribution in [0.15, 0.2) is 22.8 Å². The van der Waals surface area contributed by atoms with Gasteiger partial charge in [-0.15, -0.1) is 11.8 Å². The zero-order valence-electron chi connectivity index (χ0n) is 18.6. The van der Waals surface area contributed by atoms with Gasteiger partial charge in [0.15, 0.2) is 0 Å². The number of hydrogen-bond donors (Lipinski definition) is 3. The van der Waals surface area contributed by atoms with Gasteiger partial charge < -0.3 is 20.7 Å². The van der Waals surface area contributed by atoms with Crippen molar-refractivity contribution in [3.05, 3.63) is 22.8 Å². The number of carbonyl (C=O) groups is 1. The summed E-state index contributed by atoms with van der Waals surface area (Å²) in [5, 5.41) is 10.1. The van der Waals surface area contributed by atoms with Gasteiger partial charge in [-0.2, -0.15) is 0 Å². The summed E-state index contributed by atoms with van der Waals surface area (Å²) in [6, 6.07) is 0. The Morgan fingerprint density at radius 2 is 1.89 bits per heavy atom. The maximum Gasteiger partial charge on any atom is 0.227 e. The summed E-state index contributed by atoms with van der Waals surface area (Å²) in [4.78, 5) is 13.6. The van der Waals surface area contributed by atoms with Gasteiger partial charge in [0.2, 0.25) is 5.91 Å². The van der Waals surface area contributed by atoms with Crippen LogP contribution in [0.4, 0.5) is 0 Å². The van der Waals surface area contributed by atoms with E-state index in [4.69, 9.17) is 4.74 Å². The Hall–Kier alpha value is -0.980. The molecule has 1 amide bonds. The lowest BCUT2D eigenvalue weighted by molar-refractivity contribution is -0.132. The van der Waals surface area contributed by atoms with E-state index >= 15 is 0 Å². The molecule has 0 aliphatic heterocycles. The van der Waals surface area contributed by atoms with Crippen LogP contribution in [0.5, 0.6) is 0 Å². The molecule has 6 heteroatoms. The maximum absolute atomic E-state index is 12.4. The average Bonchev–Trinajstić information content (AvgIpc) is 2.69. The van der Waals surface area contributed by atoms with Crippen LogP contribution in [0.2, 0.25) is 0 Å². The molecule has 1 aliphatic rings. The highest BCUT2D eigenvalue weighted by atomic mass is 32.2. The highest BCUT2D eigenvalue weighted by molar-refractivity contribution is 8.03. The second kappa shape index (κ2) is 13.3. The average molecular weight is 412 g/mol. The topological polar surface area (TPSA) is 62.4 Å². The standard InChI is InChI=1S/C22H41N3O2S/c1-7-13-25-21(26)22(3,4)16-27-15-20(19(14-23-5)17(2)24-6)28-18-11-9-8-10-12-18/h18,23-24H,2,7-16H2,1,3-6H3,(H,25,26)/b20-19-. The normalized spacial score (nSPS) is 16.5. The Labute approximate surface area is 176 Å². The molecule has 0 atom stereocenters. The van der Waals surface area contributed by atoms with Crippen LogP contribution in [0, 0.1) is 5.41 Å². The van der Waals surface area contributed by atoms with E-state index in [2.05, 4.69) is 29.5 Å². The van der Waals surface area contributed by atoms with E-state index in [0.717, 1.165) is 18.7 Å². The highest BCUT2D eigenvalue weighted by Crippen LogP contribution is 2.35. The van der Waals surface area contributed by atoms with Gasteiger partial charge in [0, 0.05) is 41.6 Å². The van der Waals surface area contributed by atoms with Crippen LogP contribution in [-0.4, -0.2) is 51.6 Å². The SMILES string of the molecule is C=C(NC)/C(CNC)=C(/COCC(C)(C)C(=O)NCCC)SC1CCCCC1. The first kappa shape index (κ1) is 25.1. The van der Waals surface area contributed by atoms with Crippen molar-refractivity contribution < 1.29 is 9.53 Å². The van der Waals surface area contributed by atoms with Crippen LogP contribution in [0.25, 0.3) is 0 Å². The van der Waals surface area contributed by atoms with Crippen molar-refractivity contribution in [2.24, 2.45) is 5.41 Å². The molecule has 5 nitrogen and oxygen atoms in total. The minimum Gasteiger partial charge on any atom is -0.388 e. The number of thioether (sulfide) groups is 1. The number of likely N-dealkylation sites (N-methyl/N-ethyl adjacent to an activating group) is 2. The third-order valence-electron chi connectivity index (χ3n) is 5.06. The first-order chi connectivity index (χ1) is 13.4. The smallest absolute Gasteiger partial charge is 0.227 e. The zero-order chi connectivity index (χ0) is 21.0. The minimum absolute atomic E-state index is 0.0508. The molecule has 0 heterocycles. The maximum atomic E-state index is 12.4. The van der Waals surface area contributed by atoms with Gasteiger partial charge in [-0.1, -0.05) is 32.8 Å². The molecule has 0 aromatic rings. The molecule has 0 saturated heterocycles. The van der Waals surface area contributed by atoms with E-state index in [1.165, 1.54) is 42.6 Å². The van der Waals surface area contributed by atoms with Gasteiger partial charge in [0.25, 0.3) is 0 Å². The Kier molecular flexibility index (Phi) is 11.9. The lowest BCUT2D eigenvalue weighted by Gasteiger charge is -2.27. The summed E-state index contributed by atoms with van der Waals surface area (Å²) >= 11 is 1.94. The number of rotatable bonds is 13. The summed E-state index contributed by atoms with van der Waals surface area (Å²) in [6.45, 7) is 12.5. The predicted molar refractivity (Wildman–Crippen MR) is 122 cm³/mol. The molecule has 1 saturated carbocycles. The minimum atomic E-state index is -0.543. The van der Waals surface area contributed by atoms with Crippen molar-refractivity contribution in [1.29, 1.82) is 0 Å². The van der Waals surface area contributed by atoms with Crippen LogP contribution in [0.1, 0.15) is 59.3 Å². The Morgan fingerprint density at radius 1 is 1.21 bits per heavy atom. The zero-order valence-corrected chi connectivity index (χ0v) is 19.4. The summed E-state index contributed by atoms with van der Waals surface area (Å²) in [7, 11) is 3.86. The summed E-state index contributed by atoms with van der Waals surface area (Å²) in [6.07, 6.45) is 7.43. The van der Waals surface area contributed by atoms with E-state index in [-0.39, 0.29) is 5.91 Å². The second-order valence-electron chi connectivity index (χ2n) is 8.17. The van der Waals surface area contributed by atoms with Crippen molar-refractivity contribution in [3.8, 4) is 0 Å². The number of carbonyl (C=O) groups excluding carboxylic acids is 1. The van der Waals surface area contributed by atoms with E-state index < -0.39 is 5.41 Å². The fraction of sp³-hybridized carbons (Fsp3) is 0.773. The van der Waals surface area contributed by atoms with Gasteiger partial charge in [0.1, 0.15) is 0 Å². The van der Waals surface area contributed by atoms with Crippen molar-refractivity contribution in [2.75, 3.05) is 40.4 Å². The largest absolute Gasteiger partial charge is 0.388 e. The molecule has 0 aromatic heterocycles. The molecule has 1 fully saturated rings. The first-order valence-corrected chi connectivity index (χ1v) is 11.5.